The van der Waals surface area contributed by atoms with Crippen molar-refractivity contribution in [3.8, 4) is 0 Å². The largest absolute Gasteiger partial charge is 0.456 e. The molecule has 0 N–H and O–H groups in total. The molecular formula is C20H14O2S. The first-order chi connectivity index (χ1) is 11.1. The Kier molecular flexibility index (Phi) is 2.46. The number of benzene rings is 2. The number of thiol groups is 1. The van der Waals surface area contributed by atoms with Crippen LogP contribution in [0, 0.1) is 0 Å². The molecule has 2 nitrogen and oxygen atoms in total. The summed E-state index contributed by atoms with van der Waals surface area (Å²) in [5.74, 6) is 0.867. The van der Waals surface area contributed by atoms with Crippen LogP contribution >= 0.6 is 12.6 Å². The van der Waals surface area contributed by atoms with Crippen molar-refractivity contribution in [3.05, 3.63) is 59.9 Å². The van der Waals surface area contributed by atoms with E-state index in [1.165, 1.54) is 0 Å². The van der Waals surface area contributed by atoms with Crippen molar-refractivity contribution in [1.82, 2.24) is 0 Å². The van der Waals surface area contributed by atoms with Crippen LogP contribution in [0.4, 0.5) is 0 Å². The van der Waals surface area contributed by atoms with Crippen LogP contribution in [-0.4, -0.2) is 4.75 Å². The molecule has 1 aliphatic rings. The zero-order chi connectivity index (χ0) is 15.6. The third kappa shape index (κ3) is 1.83. The highest BCUT2D eigenvalue weighted by Gasteiger charge is 2.21. The molecule has 0 saturated heterocycles. The van der Waals surface area contributed by atoms with Gasteiger partial charge < -0.3 is 8.83 Å². The minimum absolute atomic E-state index is 0.278. The van der Waals surface area contributed by atoms with Gasteiger partial charge in [0.05, 0.1) is 0 Å². The second-order valence-corrected chi connectivity index (χ2v) is 7.15. The van der Waals surface area contributed by atoms with E-state index in [2.05, 4.69) is 37.8 Å². The van der Waals surface area contributed by atoms with Crippen molar-refractivity contribution in [2.75, 3.05) is 0 Å². The standard InChI is InChI=1S/C20H14O2S/c1-20(23)10-8-13-15(9-11-20)22-17-7-6-16-18(19(13)17)12-4-2-3-5-14(12)21-16/h2-11,23H,1H3. The summed E-state index contributed by atoms with van der Waals surface area (Å²) in [5, 5.41) is 3.34. The van der Waals surface area contributed by atoms with Gasteiger partial charge in [0.2, 0.25) is 0 Å². The predicted octanol–water partition coefficient (Wildman–Crippen LogP) is 6.06. The Morgan fingerprint density at radius 1 is 0.826 bits per heavy atom. The average molecular weight is 318 g/mol. The second-order valence-electron chi connectivity index (χ2n) is 6.18. The van der Waals surface area contributed by atoms with Gasteiger partial charge in [-0.1, -0.05) is 36.4 Å². The Hall–Kier alpha value is -2.39. The molecule has 1 atom stereocenters. The first-order valence-electron chi connectivity index (χ1n) is 7.60. The van der Waals surface area contributed by atoms with E-state index in [1.54, 1.807) is 0 Å². The number of hydrogen-bond acceptors (Lipinski definition) is 3. The van der Waals surface area contributed by atoms with E-state index in [9.17, 15) is 0 Å². The van der Waals surface area contributed by atoms with Crippen LogP contribution in [0.5, 0.6) is 0 Å². The summed E-state index contributed by atoms with van der Waals surface area (Å²) in [4.78, 5) is 0. The number of para-hydroxylation sites is 1. The molecule has 0 bridgehead atoms. The Bertz CT molecular complexity index is 1140. The maximum absolute atomic E-state index is 6.08. The smallest absolute Gasteiger partial charge is 0.136 e. The van der Waals surface area contributed by atoms with E-state index in [0.29, 0.717) is 0 Å². The molecule has 2 aromatic carbocycles. The molecule has 2 aromatic heterocycles. The monoisotopic (exact) mass is 318 g/mol. The fourth-order valence-corrected chi connectivity index (χ4v) is 3.44. The molecule has 0 fully saturated rings. The van der Waals surface area contributed by atoms with E-state index >= 15 is 0 Å². The van der Waals surface area contributed by atoms with Crippen molar-refractivity contribution >= 4 is 57.7 Å². The van der Waals surface area contributed by atoms with Crippen LogP contribution in [0.1, 0.15) is 18.2 Å². The van der Waals surface area contributed by atoms with Crippen molar-refractivity contribution in [2.24, 2.45) is 0 Å². The highest BCUT2D eigenvalue weighted by Crippen LogP contribution is 2.40. The topological polar surface area (TPSA) is 26.3 Å². The van der Waals surface area contributed by atoms with Gasteiger partial charge in [0.15, 0.2) is 0 Å². The van der Waals surface area contributed by atoms with Gasteiger partial charge in [0, 0.05) is 26.5 Å². The average Bonchev–Trinajstić information content (AvgIpc) is 3.04. The van der Waals surface area contributed by atoms with Crippen LogP contribution in [0.25, 0.3) is 45.1 Å². The van der Waals surface area contributed by atoms with E-state index in [4.69, 9.17) is 8.83 Å². The van der Waals surface area contributed by atoms with Gasteiger partial charge in [-0.25, -0.2) is 0 Å². The lowest BCUT2D eigenvalue weighted by Crippen LogP contribution is -2.05. The number of furan rings is 2. The van der Waals surface area contributed by atoms with Crippen LogP contribution in [-0.2, 0) is 0 Å². The molecule has 0 radical (unpaired) electrons. The van der Waals surface area contributed by atoms with Gasteiger partial charge >= 0.3 is 0 Å². The molecule has 112 valence electrons. The molecule has 2 heterocycles. The molecule has 1 unspecified atom stereocenters. The number of rotatable bonds is 0. The normalized spacial score (nSPS) is 20.4. The van der Waals surface area contributed by atoms with Gasteiger partial charge in [0.25, 0.3) is 0 Å². The summed E-state index contributed by atoms with van der Waals surface area (Å²) in [5.41, 5.74) is 3.76. The first kappa shape index (κ1) is 13.1. The predicted molar refractivity (Wildman–Crippen MR) is 99.0 cm³/mol. The van der Waals surface area contributed by atoms with Gasteiger partial charge in [-0.3, -0.25) is 0 Å². The zero-order valence-electron chi connectivity index (χ0n) is 12.5. The summed E-state index contributed by atoms with van der Waals surface area (Å²) >= 11 is 4.65. The summed E-state index contributed by atoms with van der Waals surface area (Å²) < 4.78 is 11.8. The molecule has 0 spiro atoms. The lowest BCUT2D eigenvalue weighted by Gasteiger charge is -2.10. The maximum atomic E-state index is 6.08. The molecule has 5 rings (SSSR count). The first-order valence-corrected chi connectivity index (χ1v) is 8.05. The Morgan fingerprint density at radius 3 is 2.43 bits per heavy atom. The highest BCUT2D eigenvalue weighted by molar-refractivity contribution is 7.82. The Balaban J connectivity index is 1.99. The molecule has 0 aliphatic heterocycles. The van der Waals surface area contributed by atoms with Gasteiger partial charge in [-0.15, -0.1) is 0 Å². The van der Waals surface area contributed by atoms with Crippen LogP contribution < -0.4 is 0 Å². The molecule has 1 aliphatic carbocycles. The Morgan fingerprint density at radius 2 is 1.57 bits per heavy atom. The molecule has 0 saturated carbocycles. The summed E-state index contributed by atoms with van der Waals surface area (Å²) in [7, 11) is 0. The molecule has 0 amide bonds. The third-order valence-corrected chi connectivity index (χ3v) is 4.72. The SMILES string of the molecule is CC1(S)C=Cc2oc3ccc4oc5ccccc5c4c3c2C=C1. The third-order valence-electron chi connectivity index (χ3n) is 4.42. The summed E-state index contributed by atoms with van der Waals surface area (Å²) in [6.45, 7) is 2.06. The van der Waals surface area contributed by atoms with Crippen LogP contribution in [0.15, 0.2) is 57.4 Å². The fraction of sp³-hybridized carbons (Fsp3) is 0.100. The fourth-order valence-electron chi connectivity index (χ4n) is 3.29. The Labute approximate surface area is 138 Å². The van der Waals surface area contributed by atoms with E-state index in [0.717, 1.165) is 44.2 Å². The van der Waals surface area contributed by atoms with Crippen molar-refractivity contribution in [1.29, 1.82) is 0 Å². The van der Waals surface area contributed by atoms with Crippen molar-refractivity contribution in [3.63, 3.8) is 0 Å². The molecule has 4 aromatic rings. The summed E-state index contributed by atoms with van der Waals surface area (Å²) in [6, 6.07) is 12.1. The van der Waals surface area contributed by atoms with Gasteiger partial charge in [-0.05, 0) is 31.2 Å². The molecular weight excluding hydrogens is 304 g/mol. The molecule has 3 heteroatoms. The van der Waals surface area contributed by atoms with E-state index < -0.39 is 0 Å². The quantitative estimate of drug-likeness (QED) is 0.399. The number of hydrogen-bond donors (Lipinski definition) is 1. The van der Waals surface area contributed by atoms with Crippen LogP contribution in [0.2, 0.25) is 0 Å². The minimum atomic E-state index is -0.278. The van der Waals surface area contributed by atoms with Crippen LogP contribution in [0.3, 0.4) is 0 Å². The minimum Gasteiger partial charge on any atom is -0.456 e. The lowest BCUT2D eigenvalue weighted by atomic mass is 10.0. The van der Waals surface area contributed by atoms with Crippen molar-refractivity contribution < 1.29 is 8.83 Å². The van der Waals surface area contributed by atoms with E-state index in [1.807, 2.05) is 42.5 Å². The molecule has 23 heavy (non-hydrogen) atoms. The van der Waals surface area contributed by atoms with Crippen molar-refractivity contribution in [2.45, 2.75) is 11.7 Å². The highest BCUT2D eigenvalue weighted by atomic mass is 32.1. The maximum Gasteiger partial charge on any atom is 0.136 e. The number of fused-ring (bicyclic) bond motifs is 7. The summed E-state index contributed by atoms with van der Waals surface area (Å²) in [6.07, 6.45) is 8.26. The second kappa shape index (κ2) is 4.33. The van der Waals surface area contributed by atoms with E-state index in [-0.39, 0.29) is 4.75 Å². The zero-order valence-corrected chi connectivity index (χ0v) is 13.4. The van der Waals surface area contributed by atoms with Gasteiger partial charge in [-0.2, -0.15) is 12.6 Å². The lowest BCUT2D eigenvalue weighted by molar-refractivity contribution is 0.603. The van der Waals surface area contributed by atoms with Gasteiger partial charge in [0.1, 0.15) is 22.5 Å².